The molecule has 4 nitrogen and oxygen atoms in total. The third-order valence-corrected chi connectivity index (χ3v) is 4.46. The molecule has 4 rings (SSSR count). The number of fused-ring (bicyclic) bond motifs is 2. The maximum atomic E-state index is 4.21. The predicted molar refractivity (Wildman–Crippen MR) is 108 cm³/mol. The van der Waals surface area contributed by atoms with Crippen molar-refractivity contribution in [3.8, 4) is 0 Å². The summed E-state index contributed by atoms with van der Waals surface area (Å²) in [4.78, 5) is 4.14. The first-order valence-corrected chi connectivity index (χ1v) is 9.02. The van der Waals surface area contributed by atoms with Gasteiger partial charge in [-0.2, -0.15) is 5.10 Å². The largest absolute Gasteiger partial charge is 0.303 e. The molecule has 4 aromatic heterocycles. The Bertz CT molecular complexity index is 926. The van der Waals surface area contributed by atoms with Gasteiger partial charge in [0.1, 0.15) is 0 Å². The van der Waals surface area contributed by atoms with E-state index in [1.54, 1.807) is 0 Å². The average molecular weight is 348 g/mol. The molecule has 0 aliphatic rings. The van der Waals surface area contributed by atoms with Gasteiger partial charge in [0.2, 0.25) is 0 Å². The molecular formula is C22H28N4. The highest BCUT2D eigenvalue weighted by Crippen LogP contribution is 2.26. The zero-order valence-corrected chi connectivity index (χ0v) is 16.6. The number of rotatable bonds is 0. The van der Waals surface area contributed by atoms with E-state index in [1.165, 1.54) is 16.8 Å². The lowest BCUT2D eigenvalue weighted by Crippen LogP contribution is -2.15. The van der Waals surface area contributed by atoms with Crippen LogP contribution in [0.15, 0.2) is 61.3 Å². The van der Waals surface area contributed by atoms with Crippen molar-refractivity contribution < 1.29 is 0 Å². The van der Waals surface area contributed by atoms with Gasteiger partial charge in [-0.3, -0.25) is 0 Å². The fourth-order valence-corrected chi connectivity index (χ4v) is 3.15. The Labute approximate surface area is 155 Å². The molecule has 0 unspecified atom stereocenters. The molecule has 0 fully saturated rings. The number of imidazole rings is 1. The highest BCUT2D eigenvalue weighted by molar-refractivity contribution is 5.56. The highest BCUT2D eigenvalue weighted by atomic mass is 15.2. The number of aromatic nitrogens is 4. The van der Waals surface area contributed by atoms with Gasteiger partial charge >= 0.3 is 0 Å². The maximum Gasteiger partial charge on any atom is 0.0994 e. The van der Waals surface area contributed by atoms with E-state index in [2.05, 4.69) is 86.4 Å². The van der Waals surface area contributed by atoms with Crippen LogP contribution in [0.1, 0.15) is 52.8 Å². The van der Waals surface area contributed by atoms with E-state index in [1.807, 2.05) is 35.5 Å². The van der Waals surface area contributed by atoms with E-state index >= 15 is 0 Å². The Morgan fingerprint density at radius 2 is 1.62 bits per heavy atom. The Morgan fingerprint density at radius 3 is 2.31 bits per heavy atom. The molecule has 0 atom stereocenters. The normalized spacial score (nSPS) is 12.2. The molecule has 0 saturated carbocycles. The van der Waals surface area contributed by atoms with Crippen LogP contribution < -0.4 is 0 Å². The monoisotopic (exact) mass is 348 g/mol. The zero-order chi connectivity index (χ0) is 18.9. The Balaban J connectivity index is 0.000000151. The molecular weight excluding hydrogens is 320 g/mol. The number of hydrogen-bond donors (Lipinski definition) is 0. The minimum atomic E-state index is 0.167. The van der Waals surface area contributed by atoms with Gasteiger partial charge < -0.3 is 4.40 Å². The third-order valence-electron chi connectivity index (χ3n) is 4.46. The third kappa shape index (κ3) is 3.64. The summed E-state index contributed by atoms with van der Waals surface area (Å²) in [6.45, 7) is 13.3. The fourth-order valence-electron chi connectivity index (χ4n) is 3.15. The van der Waals surface area contributed by atoms with E-state index in [0.717, 1.165) is 5.52 Å². The van der Waals surface area contributed by atoms with E-state index in [-0.39, 0.29) is 10.8 Å². The summed E-state index contributed by atoms with van der Waals surface area (Å²) in [6.07, 6.45) is 7.57. The van der Waals surface area contributed by atoms with Gasteiger partial charge in [-0.25, -0.2) is 9.50 Å². The molecule has 0 bridgehead atoms. The predicted octanol–water partition coefficient (Wildman–Crippen LogP) is 5.26. The fraction of sp³-hybridized carbons (Fsp3) is 0.364. The molecule has 4 heterocycles. The van der Waals surface area contributed by atoms with Gasteiger partial charge in [-0.05, 0) is 35.2 Å². The minimum absolute atomic E-state index is 0.167. The molecule has 4 heteroatoms. The molecule has 0 aliphatic carbocycles. The summed E-state index contributed by atoms with van der Waals surface area (Å²) >= 11 is 0. The smallest absolute Gasteiger partial charge is 0.0994 e. The number of hydrogen-bond acceptors (Lipinski definition) is 2. The average Bonchev–Trinajstić information content (AvgIpc) is 3.21. The molecule has 0 aromatic carbocycles. The van der Waals surface area contributed by atoms with Crippen LogP contribution in [0.3, 0.4) is 0 Å². The highest BCUT2D eigenvalue weighted by Gasteiger charge is 2.17. The lowest BCUT2D eigenvalue weighted by atomic mass is 9.87. The minimum Gasteiger partial charge on any atom is -0.303 e. The summed E-state index contributed by atoms with van der Waals surface area (Å²) < 4.78 is 4.06. The second kappa shape index (κ2) is 6.60. The first-order chi connectivity index (χ1) is 12.2. The van der Waals surface area contributed by atoms with Crippen LogP contribution in [0.5, 0.6) is 0 Å². The second-order valence-electron chi connectivity index (χ2n) is 8.68. The second-order valence-corrected chi connectivity index (χ2v) is 8.68. The molecule has 136 valence electrons. The maximum absolute atomic E-state index is 4.21. The summed E-state index contributed by atoms with van der Waals surface area (Å²) in [5, 5.41) is 4.21. The van der Waals surface area contributed by atoms with Gasteiger partial charge in [0.15, 0.2) is 0 Å². The summed E-state index contributed by atoms with van der Waals surface area (Å²) in [7, 11) is 0. The summed E-state index contributed by atoms with van der Waals surface area (Å²) in [5.41, 5.74) is 5.35. The van der Waals surface area contributed by atoms with E-state index in [9.17, 15) is 0 Å². The summed E-state index contributed by atoms with van der Waals surface area (Å²) in [6, 6.07) is 12.6. The van der Waals surface area contributed by atoms with E-state index in [0.29, 0.717) is 0 Å². The molecule has 0 spiro atoms. The van der Waals surface area contributed by atoms with Gasteiger partial charge in [-0.15, -0.1) is 0 Å². The number of pyridine rings is 2. The number of nitrogens with zero attached hydrogens (tertiary/aromatic N) is 4. The van der Waals surface area contributed by atoms with Crippen molar-refractivity contribution in [2.75, 3.05) is 0 Å². The molecule has 26 heavy (non-hydrogen) atoms. The lowest BCUT2D eigenvalue weighted by molar-refractivity contribution is 0.560. The standard InChI is InChI=1S/2C11H14N2/c1-11(2,3)9-5-4-8-13-10(9)6-7-12-13;1-11(2,3)10-6-4-5-9-7-12-8-13(9)10/h2*4-8H,1-3H3. The molecule has 0 N–H and O–H groups in total. The lowest BCUT2D eigenvalue weighted by Gasteiger charge is -2.20. The zero-order valence-electron chi connectivity index (χ0n) is 16.6. The topological polar surface area (TPSA) is 34.6 Å². The Morgan fingerprint density at radius 1 is 0.846 bits per heavy atom. The van der Waals surface area contributed by atoms with Crippen LogP contribution in [0.2, 0.25) is 0 Å². The molecule has 0 amide bonds. The van der Waals surface area contributed by atoms with Crippen LogP contribution in [-0.4, -0.2) is 19.0 Å². The van der Waals surface area contributed by atoms with Gasteiger partial charge in [0, 0.05) is 23.5 Å². The van der Waals surface area contributed by atoms with Crippen LogP contribution in [0.25, 0.3) is 11.0 Å². The first kappa shape index (κ1) is 18.2. The Hall–Kier alpha value is -2.62. The summed E-state index contributed by atoms with van der Waals surface area (Å²) in [5.74, 6) is 0. The SMILES string of the molecule is CC(C)(C)c1cccc2cncn12.CC(C)(C)c1cccn2nccc12. The molecule has 0 radical (unpaired) electrons. The molecule has 0 saturated heterocycles. The van der Waals surface area contributed by atoms with Crippen molar-refractivity contribution in [1.82, 2.24) is 19.0 Å². The van der Waals surface area contributed by atoms with Crippen molar-refractivity contribution in [3.63, 3.8) is 0 Å². The van der Waals surface area contributed by atoms with Crippen molar-refractivity contribution >= 4 is 11.0 Å². The van der Waals surface area contributed by atoms with E-state index < -0.39 is 0 Å². The van der Waals surface area contributed by atoms with Crippen LogP contribution in [0.4, 0.5) is 0 Å². The van der Waals surface area contributed by atoms with Crippen LogP contribution >= 0.6 is 0 Å². The Kier molecular flexibility index (Phi) is 4.61. The van der Waals surface area contributed by atoms with Crippen LogP contribution in [0, 0.1) is 0 Å². The quantitative estimate of drug-likeness (QED) is 0.434. The van der Waals surface area contributed by atoms with Crippen molar-refractivity contribution in [1.29, 1.82) is 0 Å². The van der Waals surface area contributed by atoms with Gasteiger partial charge in [0.05, 0.1) is 23.6 Å². The molecule has 0 aliphatic heterocycles. The van der Waals surface area contributed by atoms with Crippen molar-refractivity contribution in [2.24, 2.45) is 0 Å². The van der Waals surface area contributed by atoms with Crippen LogP contribution in [-0.2, 0) is 10.8 Å². The van der Waals surface area contributed by atoms with E-state index in [4.69, 9.17) is 0 Å². The molecule has 4 aromatic rings. The van der Waals surface area contributed by atoms with Crippen molar-refractivity contribution in [3.05, 3.63) is 72.6 Å². The van der Waals surface area contributed by atoms with Crippen molar-refractivity contribution in [2.45, 2.75) is 52.4 Å². The van der Waals surface area contributed by atoms with Gasteiger partial charge in [-0.1, -0.05) is 53.7 Å². The van der Waals surface area contributed by atoms with Gasteiger partial charge in [0.25, 0.3) is 0 Å². The first-order valence-electron chi connectivity index (χ1n) is 9.02.